The molecule has 42 heavy (non-hydrogen) atoms. The molecule has 0 atom stereocenters. The van der Waals surface area contributed by atoms with Gasteiger partial charge >= 0.3 is 23.9 Å². The minimum Gasteiger partial charge on any atom is -0.423 e. The second-order valence-corrected chi connectivity index (χ2v) is 9.11. The molecule has 0 fully saturated rings. The first-order valence-electron chi connectivity index (χ1n) is 12.9. The van der Waals surface area contributed by atoms with Crippen LogP contribution in [0.25, 0.3) is 12.2 Å². The molecule has 0 bridgehead atoms. The Kier molecular flexibility index (Phi) is 10.9. The maximum atomic E-state index is 12.4. The van der Waals surface area contributed by atoms with Crippen molar-refractivity contribution in [3.05, 3.63) is 120 Å². The van der Waals surface area contributed by atoms with Crippen LogP contribution in [0.4, 0.5) is 0 Å². The van der Waals surface area contributed by atoms with Crippen molar-refractivity contribution in [2.45, 2.75) is 27.2 Å². The average molecular weight is 567 g/mol. The van der Waals surface area contributed by atoms with Crippen LogP contribution in [0.1, 0.15) is 37.5 Å². The standard InChI is InChI=1S/C34H30O8/c1-6-26-21-29(39-31(35)19-11-24-7-13-27(14-8-24)40-33(37)22(2)3)17-18-30(26)42-32(36)20-12-25-9-15-28(16-10-25)41-34(38)23(4)5/h7-21H,2,4,6H2,1,3,5H3/b19-11+,20-12+. The van der Waals surface area contributed by atoms with Gasteiger partial charge in [-0.05, 0) is 91.6 Å². The quantitative estimate of drug-likeness (QED) is 0.148. The number of carbonyl (C=O) groups is 4. The van der Waals surface area contributed by atoms with E-state index in [-0.39, 0.29) is 0 Å². The van der Waals surface area contributed by atoms with Gasteiger partial charge in [0.2, 0.25) is 0 Å². The van der Waals surface area contributed by atoms with Crippen molar-refractivity contribution in [3.8, 4) is 23.0 Å². The zero-order chi connectivity index (χ0) is 30.6. The molecule has 3 aromatic carbocycles. The van der Waals surface area contributed by atoms with E-state index in [0.717, 1.165) is 0 Å². The Morgan fingerprint density at radius 1 is 0.619 bits per heavy atom. The van der Waals surface area contributed by atoms with Crippen LogP contribution in [-0.2, 0) is 25.6 Å². The van der Waals surface area contributed by atoms with Crippen LogP contribution in [0.3, 0.4) is 0 Å². The third-order valence-corrected chi connectivity index (χ3v) is 5.54. The molecule has 0 heterocycles. The molecule has 0 radical (unpaired) electrons. The third-order valence-electron chi connectivity index (χ3n) is 5.54. The van der Waals surface area contributed by atoms with Gasteiger partial charge in [0.1, 0.15) is 23.0 Å². The van der Waals surface area contributed by atoms with Crippen LogP contribution < -0.4 is 18.9 Å². The molecule has 0 aromatic heterocycles. The second kappa shape index (κ2) is 14.8. The van der Waals surface area contributed by atoms with Gasteiger partial charge in [-0.25, -0.2) is 19.2 Å². The first kappa shape index (κ1) is 31.0. The SMILES string of the molecule is C=C(C)C(=O)Oc1ccc(/C=C/C(=O)Oc2ccc(OC(=O)/C=C/c3ccc(OC(=O)C(=C)C)cc3)c(CC)c2)cc1. The van der Waals surface area contributed by atoms with Gasteiger partial charge in [0.05, 0.1) is 0 Å². The fourth-order valence-electron chi connectivity index (χ4n) is 3.30. The summed E-state index contributed by atoms with van der Waals surface area (Å²) < 4.78 is 21.2. The van der Waals surface area contributed by atoms with Crippen molar-refractivity contribution >= 4 is 36.0 Å². The summed E-state index contributed by atoms with van der Waals surface area (Å²) in [6.45, 7) is 12.1. The first-order chi connectivity index (χ1) is 20.0. The number of ether oxygens (including phenoxy) is 4. The van der Waals surface area contributed by atoms with E-state index < -0.39 is 23.9 Å². The molecule has 0 unspecified atom stereocenters. The molecule has 214 valence electrons. The molecule has 8 nitrogen and oxygen atoms in total. The van der Waals surface area contributed by atoms with Crippen LogP contribution in [0, 0.1) is 0 Å². The maximum Gasteiger partial charge on any atom is 0.338 e. The van der Waals surface area contributed by atoms with E-state index in [9.17, 15) is 19.2 Å². The summed E-state index contributed by atoms with van der Waals surface area (Å²) in [4.78, 5) is 48.0. The van der Waals surface area contributed by atoms with Gasteiger partial charge in [-0.2, -0.15) is 0 Å². The molecular formula is C34H30O8. The Balaban J connectivity index is 1.56. The molecule has 0 saturated heterocycles. The van der Waals surface area contributed by atoms with Crippen molar-refractivity contribution < 1.29 is 38.1 Å². The van der Waals surface area contributed by atoms with Crippen LogP contribution in [0.15, 0.2) is 103 Å². The van der Waals surface area contributed by atoms with Crippen molar-refractivity contribution in [2.24, 2.45) is 0 Å². The van der Waals surface area contributed by atoms with E-state index in [1.165, 1.54) is 18.2 Å². The van der Waals surface area contributed by atoms with Crippen molar-refractivity contribution in [1.82, 2.24) is 0 Å². The fourth-order valence-corrected chi connectivity index (χ4v) is 3.30. The third kappa shape index (κ3) is 9.60. The highest BCUT2D eigenvalue weighted by molar-refractivity contribution is 5.91. The molecule has 0 spiro atoms. The second-order valence-electron chi connectivity index (χ2n) is 9.11. The Morgan fingerprint density at radius 3 is 1.48 bits per heavy atom. The summed E-state index contributed by atoms with van der Waals surface area (Å²) >= 11 is 0. The number of aryl methyl sites for hydroxylation is 1. The van der Waals surface area contributed by atoms with E-state index in [4.69, 9.17) is 18.9 Å². The zero-order valence-electron chi connectivity index (χ0n) is 23.5. The number of carbonyl (C=O) groups excluding carboxylic acids is 4. The Morgan fingerprint density at radius 2 is 1.05 bits per heavy atom. The molecule has 0 aliphatic rings. The highest BCUT2D eigenvalue weighted by atomic mass is 16.5. The minimum atomic E-state index is -0.595. The predicted octanol–water partition coefficient (Wildman–Crippen LogP) is 6.45. The molecule has 0 amide bonds. The van der Waals surface area contributed by atoms with Gasteiger partial charge in [-0.3, -0.25) is 0 Å². The van der Waals surface area contributed by atoms with Crippen LogP contribution in [-0.4, -0.2) is 23.9 Å². The van der Waals surface area contributed by atoms with E-state index >= 15 is 0 Å². The highest BCUT2D eigenvalue weighted by Gasteiger charge is 2.10. The van der Waals surface area contributed by atoms with Crippen LogP contribution in [0.2, 0.25) is 0 Å². The summed E-state index contributed by atoms with van der Waals surface area (Å²) in [6, 6.07) is 17.9. The van der Waals surface area contributed by atoms with Gasteiger partial charge in [0, 0.05) is 23.3 Å². The summed E-state index contributed by atoms with van der Waals surface area (Å²) in [6.07, 6.45) is 6.22. The summed E-state index contributed by atoms with van der Waals surface area (Å²) in [5.41, 5.74) is 2.67. The molecule has 3 rings (SSSR count). The van der Waals surface area contributed by atoms with Gasteiger partial charge < -0.3 is 18.9 Å². The first-order valence-corrected chi connectivity index (χ1v) is 12.9. The van der Waals surface area contributed by atoms with E-state index in [1.54, 1.807) is 86.7 Å². The lowest BCUT2D eigenvalue weighted by Gasteiger charge is -2.10. The Bertz CT molecular complexity index is 1560. The van der Waals surface area contributed by atoms with Crippen LogP contribution >= 0.6 is 0 Å². The van der Waals surface area contributed by atoms with E-state index in [1.807, 2.05) is 6.92 Å². The Hall–Kier alpha value is -5.50. The minimum absolute atomic E-state index is 0.292. The summed E-state index contributed by atoms with van der Waals surface area (Å²) in [7, 11) is 0. The highest BCUT2D eigenvalue weighted by Crippen LogP contribution is 2.26. The lowest BCUT2D eigenvalue weighted by Crippen LogP contribution is -2.08. The maximum absolute atomic E-state index is 12.4. The zero-order valence-corrected chi connectivity index (χ0v) is 23.5. The summed E-state index contributed by atoms with van der Waals surface area (Å²) in [5, 5.41) is 0. The van der Waals surface area contributed by atoms with E-state index in [0.29, 0.717) is 57.3 Å². The lowest BCUT2D eigenvalue weighted by molar-refractivity contribution is -0.130. The number of rotatable bonds is 11. The molecular weight excluding hydrogens is 536 g/mol. The molecule has 0 saturated carbocycles. The van der Waals surface area contributed by atoms with Crippen molar-refractivity contribution in [3.63, 3.8) is 0 Å². The molecule has 0 N–H and O–H groups in total. The number of hydrogen-bond donors (Lipinski definition) is 0. The normalized spacial score (nSPS) is 10.7. The molecule has 3 aromatic rings. The average Bonchev–Trinajstić information content (AvgIpc) is 2.97. The smallest absolute Gasteiger partial charge is 0.338 e. The van der Waals surface area contributed by atoms with Gasteiger partial charge in [-0.1, -0.05) is 44.3 Å². The van der Waals surface area contributed by atoms with Crippen LogP contribution in [0.5, 0.6) is 23.0 Å². The predicted molar refractivity (Wildman–Crippen MR) is 159 cm³/mol. The number of esters is 4. The van der Waals surface area contributed by atoms with E-state index in [2.05, 4.69) is 13.2 Å². The molecule has 8 heteroatoms. The largest absolute Gasteiger partial charge is 0.423 e. The Labute approximate surface area is 244 Å². The van der Waals surface area contributed by atoms with Gasteiger partial charge in [0.15, 0.2) is 0 Å². The lowest BCUT2D eigenvalue weighted by atomic mass is 10.1. The number of benzene rings is 3. The summed E-state index contributed by atoms with van der Waals surface area (Å²) in [5.74, 6) is -0.842. The molecule has 0 aliphatic heterocycles. The molecule has 0 aliphatic carbocycles. The number of hydrogen-bond acceptors (Lipinski definition) is 8. The topological polar surface area (TPSA) is 105 Å². The fraction of sp³-hybridized carbons (Fsp3) is 0.118. The van der Waals surface area contributed by atoms with Crippen molar-refractivity contribution in [1.29, 1.82) is 0 Å². The van der Waals surface area contributed by atoms with Gasteiger partial charge in [-0.15, -0.1) is 0 Å². The van der Waals surface area contributed by atoms with Gasteiger partial charge in [0.25, 0.3) is 0 Å². The van der Waals surface area contributed by atoms with Crippen molar-refractivity contribution in [2.75, 3.05) is 0 Å². The monoisotopic (exact) mass is 566 g/mol.